The first kappa shape index (κ1) is 15.9. The number of aryl methyl sites for hydroxylation is 1. The van der Waals surface area contributed by atoms with Crippen LogP contribution in [0.15, 0.2) is 0 Å². The molecule has 0 saturated heterocycles. The quantitative estimate of drug-likeness (QED) is 0.782. The van der Waals surface area contributed by atoms with Gasteiger partial charge in [0.05, 0.1) is 17.3 Å². The third kappa shape index (κ3) is 3.81. The number of ether oxygens (including phenoxy) is 1. The number of likely N-dealkylation sites (N-methyl/N-ethyl adjacent to an activating group) is 1. The lowest BCUT2D eigenvalue weighted by Crippen LogP contribution is -2.26. The van der Waals surface area contributed by atoms with E-state index in [-0.39, 0.29) is 17.8 Å². The molecule has 1 amide bonds. The maximum absolute atomic E-state index is 12.0. The molecule has 0 fully saturated rings. The van der Waals surface area contributed by atoms with E-state index in [2.05, 4.69) is 4.98 Å². The van der Waals surface area contributed by atoms with Gasteiger partial charge in [-0.25, -0.2) is 4.98 Å². The van der Waals surface area contributed by atoms with Crippen LogP contribution < -0.4 is 0 Å². The normalized spacial score (nSPS) is 17.2. The Bertz CT molecular complexity index is 527. The monoisotopic (exact) mass is 310 g/mol. The van der Waals surface area contributed by atoms with E-state index >= 15 is 0 Å². The summed E-state index contributed by atoms with van der Waals surface area (Å²) in [7, 11) is 1.79. The summed E-state index contributed by atoms with van der Waals surface area (Å²) < 4.78 is 5.15. The molecule has 1 aromatic rings. The minimum atomic E-state index is -0.204. The van der Waals surface area contributed by atoms with E-state index in [9.17, 15) is 9.59 Å². The van der Waals surface area contributed by atoms with Crippen LogP contribution in [0.3, 0.4) is 0 Å². The van der Waals surface area contributed by atoms with Crippen LogP contribution in [0.5, 0.6) is 0 Å². The summed E-state index contributed by atoms with van der Waals surface area (Å²) in [5.74, 6) is -0.305. The van der Waals surface area contributed by atoms with E-state index in [0.29, 0.717) is 13.2 Å². The summed E-state index contributed by atoms with van der Waals surface area (Å²) in [4.78, 5) is 30.8. The molecule has 21 heavy (non-hydrogen) atoms. The number of amides is 1. The number of carbonyl (C=O) groups is 2. The molecule has 0 bridgehead atoms. The van der Waals surface area contributed by atoms with Crippen LogP contribution in [0.4, 0.5) is 0 Å². The number of carbonyl (C=O) groups excluding carboxylic acids is 2. The molecule has 0 aliphatic heterocycles. The fourth-order valence-electron chi connectivity index (χ4n) is 2.47. The van der Waals surface area contributed by atoms with Crippen molar-refractivity contribution in [1.29, 1.82) is 0 Å². The maximum atomic E-state index is 12.0. The Labute approximate surface area is 129 Å². The Hall–Kier alpha value is -1.43. The SMILES string of the molecule is CCOC(=O)[C@H]1CCCc2sc(CCN(C)C(C)=O)nc21. The number of thiazole rings is 1. The van der Waals surface area contributed by atoms with E-state index in [4.69, 9.17) is 4.74 Å². The van der Waals surface area contributed by atoms with Crippen molar-refractivity contribution in [2.24, 2.45) is 0 Å². The third-order valence-corrected chi connectivity index (χ3v) is 4.96. The molecule has 0 saturated carbocycles. The van der Waals surface area contributed by atoms with Gasteiger partial charge in [0.25, 0.3) is 0 Å². The average Bonchev–Trinajstić information content (AvgIpc) is 2.87. The van der Waals surface area contributed by atoms with Crippen LogP contribution in [0.25, 0.3) is 0 Å². The van der Waals surface area contributed by atoms with Crippen LogP contribution in [0.2, 0.25) is 0 Å². The minimum absolute atomic E-state index is 0.0562. The first-order valence-corrected chi connectivity index (χ1v) is 8.21. The molecule has 1 atom stereocenters. The number of hydrogen-bond donors (Lipinski definition) is 0. The predicted molar refractivity (Wildman–Crippen MR) is 81.4 cm³/mol. The molecule has 0 unspecified atom stereocenters. The van der Waals surface area contributed by atoms with Crippen molar-refractivity contribution in [3.63, 3.8) is 0 Å². The van der Waals surface area contributed by atoms with Gasteiger partial charge in [-0.2, -0.15) is 0 Å². The van der Waals surface area contributed by atoms with Gasteiger partial charge in [-0.05, 0) is 26.2 Å². The molecule has 1 heterocycles. The zero-order valence-corrected chi connectivity index (χ0v) is 13.7. The Morgan fingerprint density at radius 1 is 1.48 bits per heavy atom. The highest BCUT2D eigenvalue weighted by molar-refractivity contribution is 7.11. The van der Waals surface area contributed by atoms with Crippen molar-refractivity contribution in [3.8, 4) is 0 Å². The minimum Gasteiger partial charge on any atom is -0.465 e. The van der Waals surface area contributed by atoms with E-state index < -0.39 is 0 Å². The molecule has 6 heteroatoms. The van der Waals surface area contributed by atoms with E-state index in [1.54, 1.807) is 30.2 Å². The zero-order valence-electron chi connectivity index (χ0n) is 12.8. The van der Waals surface area contributed by atoms with Crippen LogP contribution in [-0.2, 0) is 27.2 Å². The third-order valence-electron chi connectivity index (χ3n) is 3.77. The van der Waals surface area contributed by atoms with Gasteiger partial charge in [0.1, 0.15) is 5.92 Å². The molecule has 0 aromatic carbocycles. The fourth-order valence-corrected chi connectivity index (χ4v) is 3.63. The maximum Gasteiger partial charge on any atom is 0.315 e. The molecule has 0 N–H and O–H groups in total. The highest BCUT2D eigenvalue weighted by Gasteiger charge is 2.31. The Morgan fingerprint density at radius 3 is 2.90 bits per heavy atom. The summed E-state index contributed by atoms with van der Waals surface area (Å²) in [5.41, 5.74) is 0.908. The van der Waals surface area contributed by atoms with Gasteiger partial charge in [0, 0.05) is 31.8 Å². The van der Waals surface area contributed by atoms with Gasteiger partial charge < -0.3 is 9.64 Å². The first-order valence-electron chi connectivity index (χ1n) is 7.39. The van der Waals surface area contributed by atoms with Crippen LogP contribution in [0.1, 0.15) is 48.2 Å². The second kappa shape index (κ2) is 7.02. The molecule has 2 rings (SSSR count). The number of esters is 1. The van der Waals surface area contributed by atoms with Gasteiger partial charge in [-0.15, -0.1) is 11.3 Å². The van der Waals surface area contributed by atoms with E-state index in [0.717, 1.165) is 36.4 Å². The summed E-state index contributed by atoms with van der Waals surface area (Å²) in [6.45, 7) is 4.45. The van der Waals surface area contributed by atoms with Gasteiger partial charge in [-0.1, -0.05) is 0 Å². The fraction of sp³-hybridized carbons (Fsp3) is 0.667. The van der Waals surface area contributed by atoms with Gasteiger partial charge in [-0.3, -0.25) is 9.59 Å². The van der Waals surface area contributed by atoms with Crippen molar-refractivity contribution >= 4 is 23.2 Å². The smallest absolute Gasteiger partial charge is 0.315 e. The molecule has 0 radical (unpaired) electrons. The van der Waals surface area contributed by atoms with Gasteiger partial charge >= 0.3 is 5.97 Å². The molecule has 1 aliphatic rings. The van der Waals surface area contributed by atoms with Crippen molar-refractivity contribution < 1.29 is 14.3 Å². The Morgan fingerprint density at radius 2 is 2.24 bits per heavy atom. The van der Waals surface area contributed by atoms with E-state index in [1.165, 1.54) is 4.88 Å². The standard InChI is InChI=1S/C15H22N2O3S/c1-4-20-15(19)11-6-5-7-12-14(11)16-13(21-12)8-9-17(3)10(2)18/h11H,4-9H2,1-3H3/t11-/m0/s1. The van der Waals surface area contributed by atoms with E-state index in [1.807, 2.05) is 6.92 Å². The average molecular weight is 310 g/mol. The second-order valence-corrected chi connectivity index (χ2v) is 6.47. The number of rotatable bonds is 5. The Kier molecular flexibility index (Phi) is 5.33. The highest BCUT2D eigenvalue weighted by Crippen LogP contribution is 2.35. The number of hydrogen-bond acceptors (Lipinski definition) is 5. The lowest BCUT2D eigenvalue weighted by Gasteiger charge is -2.19. The topological polar surface area (TPSA) is 59.5 Å². The Balaban J connectivity index is 2.08. The highest BCUT2D eigenvalue weighted by atomic mass is 32.1. The summed E-state index contributed by atoms with van der Waals surface area (Å²) in [6.07, 6.45) is 3.56. The second-order valence-electron chi connectivity index (χ2n) is 5.30. The first-order chi connectivity index (χ1) is 10.0. The van der Waals surface area contributed by atoms with Crippen LogP contribution in [-0.4, -0.2) is 42.0 Å². The van der Waals surface area contributed by atoms with Crippen LogP contribution >= 0.6 is 11.3 Å². The lowest BCUT2D eigenvalue weighted by molar-refractivity contribution is -0.145. The number of fused-ring (bicyclic) bond motifs is 1. The molecule has 1 aliphatic carbocycles. The van der Waals surface area contributed by atoms with Crippen molar-refractivity contribution in [2.75, 3.05) is 20.2 Å². The molecular formula is C15H22N2O3S. The predicted octanol–water partition coefficient (Wildman–Crippen LogP) is 2.15. The van der Waals surface area contributed by atoms with Crippen molar-refractivity contribution in [2.45, 2.75) is 45.4 Å². The molecule has 116 valence electrons. The van der Waals surface area contributed by atoms with Gasteiger partial charge in [0.2, 0.25) is 5.91 Å². The summed E-state index contributed by atoms with van der Waals surface area (Å²) in [5, 5.41) is 1.00. The largest absolute Gasteiger partial charge is 0.465 e. The summed E-state index contributed by atoms with van der Waals surface area (Å²) in [6, 6.07) is 0. The molecule has 0 spiro atoms. The number of aromatic nitrogens is 1. The molecular weight excluding hydrogens is 288 g/mol. The molecule has 5 nitrogen and oxygen atoms in total. The van der Waals surface area contributed by atoms with Crippen molar-refractivity contribution in [1.82, 2.24) is 9.88 Å². The zero-order chi connectivity index (χ0) is 15.4. The van der Waals surface area contributed by atoms with Gasteiger partial charge in [0.15, 0.2) is 0 Å². The molecule has 1 aromatic heterocycles. The van der Waals surface area contributed by atoms with Crippen LogP contribution in [0, 0.1) is 0 Å². The lowest BCUT2D eigenvalue weighted by atomic mass is 9.91. The van der Waals surface area contributed by atoms with Crippen molar-refractivity contribution in [3.05, 3.63) is 15.6 Å². The summed E-state index contributed by atoms with van der Waals surface area (Å²) >= 11 is 1.67. The number of nitrogens with zero attached hydrogens (tertiary/aromatic N) is 2.